The fourth-order valence-electron chi connectivity index (χ4n) is 5.45. The van der Waals surface area contributed by atoms with E-state index in [2.05, 4.69) is 11.1 Å². The van der Waals surface area contributed by atoms with E-state index >= 15 is 0 Å². The zero-order valence-electron chi connectivity index (χ0n) is 19.5. The average Bonchev–Trinajstić information content (AvgIpc) is 3.26. The highest BCUT2D eigenvalue weighted by Crippen LogP contribution is 2.43. The first-order chi connectivity index (χ1) is 17.4. The molecular weight excluding hydrogens is 497 g/mol. The zero-order valence-corrected chi connectivity index (χ0v) is 21.0. The number of ether oxygens (including phenoxy) is 1. The normalized spacial score (nSPS) is 19.4. The van der Waals surface area contributed by atoms with Gasteiger partial charge >= 0.3 is 0 Å². The van der Waals surface area contributed by atoms with Gasteiger partial charge in [0.2, 0.25) is 11.8 Å². The van der Waals surface area contributed by atoms with E-state index in [9.17, 15) is 9.59 Å². The number of carbonyl (C=O) groups is 2. The van der Waals surface area contributed by atoms with Gasteiger partial charge < -0.3 is 19.5 Å². The summed E-state index contributed by atoms with van der Waals surface area (Å²) in [6, 6.07) is 20.0. The Kier molecular flexibility index (Phi) is 5.66. The van der Waals surface area contributed by atoms with Crippen molar-refractivity contribution in [3.8, 4) is 5.75 Å². The van der Waals surface area contributed by atoms with Crippen LogP contribution in [-0.4, -0.2) is 46.3 Å². The van der Waals surface area contributed by atoms with Crippen LogP contribution in [-0.2, 0) is 22.6 Å². The number of hydrogen-bond donors (Lipinski definition) is 1. The number of benzene rings is 3. The van der Waals surface area contributed by atoms with Gasteiger partial charge in [0.05, 0.1) is 23.2 Å². The molecule has 2 amide bonds. The van der Waals surface area contributed by atoms with Crippen LogP contribution in [0.3, 0.4) is 0 Å². The fourth-order valence-corrected chi connectivity index (χ4v) is 5.77. The number of nitrogens with zero attached hydrogens (tertiary/aromatic N) is 2. The number of aromatic nitrogens is 1. The Labute approximate surface area is 218 Å². The minimum Gasteiger partial charge on any atom is -0.497 e. The number of rotatable bonds is 4. The Morgan fingerprint density at radius 1 is 1.00 bits per heavy atom. The minimum atomic E-state index is -0.604. The summed E-state index contributed by atoms with van der Waals surface area (Å²) < 4.78 is 5.34. The van der Waals surface area contributed by atoms with Crippen molar-refractivity contribution in [3.63, 3.8) is 0 Å². The van der Waals surface area contributed by atoms with Crippen molar-refractivity contribution in [3.05, 3.63) is 99.2 Å². The summed E-state index contributed by atoms with van der Waals surface area (Å²) in [7, 11) is 1.62. The molecule has 3 heterocycles. The summed E-state index contributed by atoms with van der Waals surface area (Å²) in [5, 5.41) is 1.95. The van der Waals surface area contributed by atoms with Gasteiger partial charge in [-0.1, -0.05) is 59.6 Å². The van der Waals surface area contributed by atoms with Crippen LogP contribution in [0.2, 0.25) is 10.0 Å². The molecule has 8 heteroatoms. The lowest BCUT2D eigenvalue weighted by molar-refractivity contribution is -0.159. The van der Waals surface area contributed by atoms with Gasteiger partial charge in [-0.25, -0.2) is 0 Å². The molecule has 3 aromatic carbocycles. The number of nitrogens with one attached hydrogen (secondary N) is 1. The molecule has 2 atom stereocenters. The van der Waals surface area contributed by atoms with Gasteiger partial charge in [-0.3, -0.25) is 9.59 Å². The molecule has 0 aliphatic carbocycles. The Balaban J connectivity index is 1.43. The smallest absolute Gasteiger partial charge is 0.246 e. The van der Waals surface area contributed by atoms with E-state index < -0.39 is 12.1 Å². The highest BCUT2D eigenvalue weighted by atomic mass is 35.5. The molecular formula is C28H23Cl2N3O3. The van der Waals surface area contributed by atoms with Gasteiger partial charge in [-0.05, 0) is 47.0 Å². The SMILES string of the molecule is COc1ccc(C2c3[nH]c4ccccc4c3C[C@H]3C(=O)N(Cc4ccc(Cl)c(Cl)c4)CC(=O)N23)cc1. The molecule has 6 nitrogen and oxygen atoms in total. The van der Waals surface area contributed by atoms with Crippen LogP contribution in [0.5, 0.6) is 5.75 Å². The number of hydrogen-bond acceptors (Lipinski definition) is 3. The molecule has 4 aromatic rings. The lowest BCUT2D eigenvalue weighted by Gasteiger charge is -2.47. The summed E-state index contributed by atoms with van der Waals surface area (Å²) in [6.45, 7) is 0.289. The molecule has 0 radical (unpaired) electrons. The maximum absolute atomic E-state index is 13.8. The van der Waals surface area contributed by atoms with Gasteiger partial charge in [-0.2, -0.15) is 0 Å². The summed E-state index contributed by atoms with van der Waals surface area (Å²) in [5.74, 6) is 0.566. The van der Waals surface area contributed by atoms with Crippen molar-refractivity contribution in [2.45, 2.75) is 25.0 Å². The lowest BCUT2D eigenvalue weighted by Crippen LogP contribution is -2.62. The topological polar surface area (TPSA) is 65.6 Å². The third-order valence-corrected chi connectivity index (χ3v) is 7.87. The number of amides is 2. The molecule has 1 aromatic heterocycles. The number of piperazine rings is 1. The van der Waals surface area contributed by atoms with E-state index in [-0.39, 0.29) is 18.4 Å². The molecule has 1 saturated heterocycles. The summed E-state index contributed by atoms with van der Waals surface area (Å²) in [5.41, 5.74) is 4.78. The maximum atomic E-state index is 13.8. The molecule has 182 valence electrons. The summed E-state index contributed by atoms with van der Waals surface area (Å²) in [6.07, 6.45) is 0.453. The van der Waals surface area contributed by atoms with Gasteiger partial charge in [0, 0.05) is 29.6 Å². The van der Waals surface area contributed by atoms with Crippen molar-refractivity contribution in [2.24, 2.45) is 0 Å². The van der Waals surface area contributed by atoms with Gasteiger partial charge in [0.1, 0.15) is 18.3 Å². The molecule has 2 aliphatic rings. The van der Waals surface area contributed by atoms with E-state index in [1.807, 2.05) is 48.5 Å². The first-order valence-electron chi connectivity index (χ1n) is 11.7. The number of carbonyl (C=O) groups excluding carboxylic acids is 2. The molecule has 0 bridgehead atoms. The predicted molar refractivity (Wildman–Crippen MR) is 139 cm³/mol. The number of fused-ring (bicyclic) bond motifs is 4. The molecule has 0 saturated carbocycles. The second-order valence-electron chi connectivity index (χ2n) is 9.20. The number of aromatic amines is 1. The summed E-state index contributed by atoms with van der Waals surface area (Å²) >= 11 is 12.3. The number of halogens is 2. The molecule has 1 N–H and O–H groups in total. The number of H-pyrrole nitrogens is 1. The predicted octanol–water partition coefficient (Wildman–Crippen LogP) is 5.37. The van der Waals surface area contributed by atoms with Crippen LogP contribution in [0, 0.1) is 0 Å². The van der Waals surface area contributed by atoms with Crippen molar-refractivity contribution in [2.75, 3.05) is 13.7 Å². The third kappa shape index (κ3) is 3.72. The van der Waals surface area contributed by atoms with Gasteiger partial charge in [0.15, 0.2) is 0 Å². The van der Waals surface area contributed by atoms with E-state index in [1.54, 1.807) is 29.0 Å². The quantitative estimate of drug-likeness (QED) is 0.394. The highest BCUT2D eigenvalue weighted by molar-refractivity contribution is 6.42. The molecule has 0 spiro atoms. The first kappa shape index (κ1) is 23.0. The minimum absolute atomic E-state index is 0.00219. The highest BCUT2D eigenvalue weighted by Gasteiger charge is 2.48. The van der Waals surface area contributed by atoms with Crippen LogP contribution in [0.1, 0.15) is 28.4 Å². The zero-order chi connectivity index (χ0) is 25.0. The van der Waals surface area contributed by atoms with Crippen LogP contribution in [0.15, 0.2) is 66.7 Å². The second kappa shape index (κ2) is 8.87. The van der Waals surface area contributed by atoms with Gasteiger partial charge in [-0.15, -0.1) is 0 Å². The Hall–Kier alpha value is -3.48. The first-order valence-corrected chi connectivity index (χ1v) is 12.5. The van der Waals surface area contributed by atoms with Crippen LogP contribution in [0.4, 0.5) is 0 Å². The van der Waals surface area contributed by atoms with Crippen LogP contribution < -0.4 is 4.74 Å². The maximum Gasteiger partial charge on any atom is 0.246 e. The monoisotopic (exact) mass is 519 g/mol. The molecule has 36 heavy (non-hydrogen) atoms. The standard InChI is InChI=1S/C28H23Cl2N3O3/c1-36-18-9-7-17(8-10-18)27-26-20(19-4-2-3-5-23(19)31-26)13-24-28(35)32(15-25(34)33(24)27)14-16-6-11-21(29)22(30)12-16/h2-12,24,27,31H,13-15H2,1H3/t24-,27?/m0/s1. The Morgan fingerprint density at radius 2 is 1.78 bits per heavy atom. The second-order valence-corrected chi connectivity index (χ2v) is 10.0. The van der Waals surface area contributed by atoms with Crippen LogP contribution >= 0.6 is 23.2 Å². The fraction of sp³-hybridized carbons (Fsp3) is 0.214. The Bertz CT molecular complexity index is 1500. The molecule has 1 unspecified atom stereocenters. The van der Waals surface area contributed by atoms with Crippen molar-refractivity contribution in [1.82, 2.24) is 14.8 Å². The number of methoxy groups -OCH3 is 1. The van der Waals surface area contributed by atoms with E-state index in [4.69, 9.17) is 27.9 Å². The Morgan fingerprint density at radius 3 is 2.53 bits per heavy atom. The van der Waals surface area contributed by atoms with Crippen molar-refractivity contribution < 1.29 is 14.3 Å². The molecule has 6 rings (SSSR count). The van der Waals surface area contributed by atoms with E-state index in [1.165, 1.54) is 0 Å². The third-order valence-electron chi connectivity index (χ3n) is 7.13. The average molecular weight is 520 g/mol. The van der Waals surface area contributed by atoms with E-state index in [0.717, 1.165) is 39.0 Å². The van der Waals surface area contributed by atoms with Crippen LogP contribution in [0.25, 0.3) is 10.9 Å². The lowest BCUT2D eigenvalue weighted by atomic mass is 9.86. The van der Waals surface area contributed by atoms with Gasteiger partial charge in [0.25, 0.3) is 0 Å². The molecule has 1 fully saturated rings. The number of para-hydroxylation sites is 1. The largest absolute Gasteiger partial charge is 0.497 e. The molecule has 2 aliphatic heterocycles. The summed E-state index contributed by atoms with van der Waals surface area (Å²) in [4.78, 5) is 34.4. The van der Waals surface area contributed by atoms with E-state index in [0.29, 0.717) is 23.0 Å². The van der Waals surface area contributed by atoms with Crippen molar-refractivity contribution >= 4 is 45.9 Å². The van der Waals surface area contributed by atoms with Crippen molar-refractivity contribution in [1.29, 1.82) is 0 Å².